The number of carboxylic acid groups (broad SMARTS) is 1. The van der Waals surface area contributed by atoms with Gasteiger partial charge in [0.05, 0.1) is 6.42 Å². The molecular formula is C13H22N4O2. The second kappa shape index (κ2) is 6.36. The van der Waals surface area contributed by atoms with Crippen LogP contribution in [0.25, 0.3) is 0 Å². The molecule has 0 fully saturated rings. The highest BCUT2D eigenvalue weighted by Crippen LogP contribution is 2.18. The van der Waals surface area contributed by atoms with Gasteiger partial charge in [0.15, 0.2) is 0 Å². The summed E-state index contributed by atoms with van der Waals surface area (Å²) in [6.07, 6.45) is 1.48. The van der Waals surface area contributed by atoms with Crippen LogP contribution in [0, 0.1) is 5.92 Å². The highest BCUT2D eigenvalue weighted by Gasteiger charge is 2.21. The summed E-state index contributed by atoms with van der Waals surface area (Å²) in [5, 5.41) is 15.2. The molecule has 1 heterocycles. The third-order valence-corrected chi connectivity index (χ3v) is 2.42. The SMILES string of the molecule is CC(C)CNc1cc(NC(C)(C)CC(=O)O)ncn1. The van der Waals surface area contributed by atoms with Crippen LogP contribution < -0.4 is 10.6 Å². The molecule has 1 aromatic heterocycles. The van der Waals surface area contributed by atoms with Crippen LogP contribution in [-0.2, 0) is 4.79 Å². The van der Waals surface area contributed by atoms with Crippen molar-refractivity contribution in [2.75, 3.05) is 17.2 Å². The van der Waals surface area contributed by atoms with Gasteiger partial charge >= 0.3 is 5.97 Å². The molecule has 0 amide bonds. The molecule has 0 saturated carbocycles. The van der Waals surface area contributed by atoms with Gasteiger partial charge < -0.3 is 15.7 Å². The van der Waals surface area contributed by atoms with E-state index in [-0.39, 0.29) is 6.42 Å². The Morgan fingerprint density at radius 1 is 1.37 bits per heavy atom. The predicted octanol–water partition coefficient (Wildman–Crippen LogP) is 2.21. The minimum absolute atomic E-state index is 0.0196. The quantitative estimate of drug-likeness (QED) is 0.701. The molecule has 6 nitrogen and oxygen atoms in total. The number of aliphatic carboxylic acids is 1. The van der Waals surface area contributed by atoms with E-state index in [1.54, 1.807) is 6.07 Å². The fraction of sp³-hybridized carbons (Fsp3) is 0.615. The molecular weight excluding hydrogens is 244 g/mol. The van der Waals surface area contributed by atoms with Gasteiger partial charge in [-0.05, 0) is 19.8 Å². The van der Waals surface area contributed by atoms with Crippen molar-refractivity contribution in [1.29, 1.82) is 0 Å². The Labute approximate surface area is 113 Å². The molecule has 0 aliphatic heterocycles. The van der Waals surface area contributed by atoms with Crippen LogP contribution >= 0.6 is 0 Å². The van der Waals surface area contributed by atoms with Gasteiger partial charge in [-0.25, -0.2) is 9.97 Å². The summed E-state index contributed by atoms with van der Waals surface area (Å²) in [6, 6.07) is 1.78. The first kappa shape index (κ1) is 15.2. The van der Waals surface area contributed by atoms with E-state index in [1.165, 1.54) is 6.33 Å². The third kappa shape index (κ3) is 6.03. The first-order valence-electron chi connectivity index (χ1n) is 6.34. The lowest BCUT2D eigenvalue weighted by atomic mass is 10.0. The van der Waals surface area contributed by atoms with Crippen molar-refractivity contribution in [2.24, 2.45) is 5.92 Å². The number of carboxylic acids is 1. The van der Waals surface area contributed by atoms with E-state index in [2.05, 4.69) is 34.4 Å². The molecule has 106 valence electrons. The highest BCUT2D eigenvalue weighted by atomic mass is 16.4. The number of nitrogens with zero attached hydrogens (tertiary/aromatic N) is 2. The zero-order chi connectivity index (χ0) is 14.5. The van der Waals surface area contributed by atoms with Crippen LogP contribution in [-0.4, -0.2) is 33.1 Å². The fourth-order valence-electron chi connectivity index (χ4n) is 1.60. The molecule has 0 aliphatic carbocycles. The zero-order valence-corrected chi connectivity index (χ0v) is 11.9. The minimum atomic E-state index is -0.843. The molecule has 0 radical (unpaired) electrons. The number of nitrogens with one attached hydrogen (secondary N) is 2. The van der Waals surface area contributed by atoms with Gasteiger partial charge in [-0.15, -0.1) is 0 Å². The first-order valence-corrected chi connectivity index (χ1v) is 6.34. The van der Waals surface area contributed by atoms with Crippen molar-refractivity contribution in [3.63, 3.8) is 0 Å². The summed E-state index contributed by atoms with van der Waals surface area (Å²) in [7, 11) is 0. The lowest BCUT2D eigenvalue weighted by molar-refractivity contribution is -0.137. The summed E-state index contributed by atoms with van der Waals surface area (Å²) in [4.78, 5) is 19.0. The van der Waals surface area contributed by atoms with E-state index in [0.29, 0.717) is 11.7 Å². The summed E-state index contributed by atoms with van der Waals surface area (Å²) in [5.74, 6) is 1.03. The summed E-state index contributed by atoms with van der Waals surface area (Å²) >= 11 is 0. The maximum absolute atomic E-state index is 10.8. The minimum Gasteiger partial charge on any atom is -0.481 e. The van der Waals surface area contributed by atoms with Crippen molar-refractivity contribution < 1.29 is 9.90 Å². The Morgan fingerprint density at radius 2 is 2.00 bits per heavy atom. The fourth-order valence-corrected chi connectivity index (χ4v) is 1.60. The van der Waals surface area contributed by atoms with Gasteiger partial charge in [0.25, 0.3) is 0 Å². The van der Waals surface area contributed by atoms with Crippen LogP contribution in [0.2, 0.25) is 0 Å². The van der Waals surface area contributed by atoms with Crippen molar-refractivity contribution >= 4 is 17.6 Å². The molecule has 0 aliphatic rings. The summed E-state index contributed by atoms with van der Waals surface area (Å²) in [6.45, 7) is 8.70. The lowest BCUT2D eigenvalue weighted by Crippen LogP contribution is -2.34. The third-order valence-electron chi connectivity index (χ3n) is 2.42. The second-order valence-corrected chi connectivity index (χ2v) is 5.64. The number of anilines is 2. The molecule has 0 atom stereocenters. The first-order chi connectivity index (χ1) is 8.78. The van der Waals surface area contributed by atoms with Crippen molar-refractivity contribution in [3.05, 3.63) is 12.4 Å². The molecule has 1 rings (SSSR count). The van der Waals surface area contributed by atoms with Crippen LogP contribution in [0.15, 0.2) is 12.4 Å². The number of hydrogen-bond donors (Lipinski definition) is 3. The predicted molar refractivity (Wildman–Crippen MR) is 75.3 cm³/mol. The second-order valence-electron chi connectivity index (χ2n) is 5.64. The number of aromatic nitrogens is 2. The highest BCUT2D eigenvalue weighted by molar-refractivity contribution is 5.69. The molecule has 0 saturated heterocycles. The summed E-state index contributed by atoms with van der Waals surface area (Å²) in [5.41, 5.74) is -0.560. The smallest absolute Gasteiger partial charge is 0.305 e. The van der Waals surface area contributed by atoms with Crippen LogP contribution in [0.1, 0.15) is 34.1 Å². The number of hydrogen-bond acceptors (Lipinski definition) is 5. The maximum Gasteiger partial charge on any atom is 0.305 e. The van der Waals surface area contributed by atoms with Gasteiger partial charge in [-0.2, -0.15) is 0 Å². The van der Waals surface area contributed by atoms with Gasteiger partial charge in [-0.3, -0.25) is 4.79 Å². The molecule has 1 aromatic rings. The molecule has 3 N–H and O–H groups in total. The normalized spacial score (nSPS) is 11.4. The van der Waals surface area contributed by atoms with E-state index in [0.717, 1.165) is 12.4 Å². The average molecular weight is 266 g/mol. The van der Waals surface area contributed by atoms with Gasteiger partial charge in [-0.1, -0.05) is 13.8 Å². The Balaban J connectivity index is 2.68. The van der Waals surface area contributed by atoms with Gasteiger partial charge in [0.1, 0.15) is 18.0 Å². The topological polar surface area (TPSA) is 87.1 Å². The van der Waals surface area contributed by atoms with Crippen molar-refractivity contribution in [1.82, 2.24) is 9.97 Å². The van der Waals surface area contributed by atoms with E-state index < -0.39 is 11.5 Å². The Bertz CT molecular complexity index is 432. The Morgan fingerprint density at radius 3 is 2.58 bits per heavy atom. The monoisotopic (exact) mass is 266 g/mol. The molecule has 19 heavy (non-hydrogen) atoms. The number of carbonyl (C=O) groups is 1. The van der Waals surface area contributed by atoms with Crippen molar-refractivity contribution in [3.8, 4) is 0 Å². The largest absolute Gasteiger partial charge is 0.481 e. The lowest BCUT2D eigenvalue weighted by Gasteiger charge is -2.25. The van der Waals surface area contributed by atoms with Crippen LogP contribution in [0.5, 0.6) is 0 Å². The van der Waals surface area contributed by atoms with Gasteiger partial charge in [0.2, 0.25) is 0 Å². The molecule has 0 unspecified atom stereocenters. The number of rotatable bonds is 7. The van der Waals surface area contributed by atoms with E-state index in [9.17, 15) is 4.79 Å². The zero-order valence-electron chi connectivity index (χ0n) is 11.9. The Kier molecular flexibility index (Phi) is 5.09. The molecule has 6 heteroatoms. The van der Waals surface area contributed by atoms with E-state index in [1.807, 2.05) is 13.8 Å². The molecule has 0 bridgehead atoms. The van der Waals surface area contributed by atoms with Crippen LogP contribution in [0.4, 0.5) is 11.6 Å². The van der Waals surface area contributed by atoms with Gasteiger partial charge in [0, 0.05) is 18.2 Å². The van der Waals surface area contributed by atoms with Crippen molar-refractivity contribution in [2.45, 2.75) is 39.7 Å². The van der Waals surface area contributed by atoms with E-state index in [4.69, 9.17) is 5.11 Å². The summed E-state index contributed by atoms with van der Waals surface area (Å²) < 4.78 is 0. The molecule has 0 aromatic carbocycles. The average Bonchev–Trinajstić information content (AvgIpc) is 2.24. The molecule has 0 spiro atoms. The maximum atomic E-state index is 10.8. The standard InChI is InChI=1S/C13H22N4O2/c1-9(2)7-14-10-5-11(16-8-15-10)17-13(3,4)6-12(18)19/h5,8-9H,6-7H2,1-4H3,(H,18,19)(H2,14,15,16,17). The van der Waals surface area contributed by atoms with Crippen LogP contribution in [0.3, 0.4) is 0 Å². The Hall–Kier alpha value is -1.85. The van der Waals surface area contributed by atoms with E-state index >= 15 is 0 Å².